The van der Waals surface area contributed by atoms with E-state index in [-0.39, 0.29) is 21.7 Å². The van der Waals surface area contributed by atoms with Crippen LogP contribution in [0.5, 0.6) is 0 Å². The average molecular weight is 563 g/mol. The van der Waals surface area contributed by atoms with E-state index < -0.39 is 17.4 Å². The lowest BCUT2D eigenvalue weighted by atomic mass is 9.31. The van der Waals surface area contributed by atoms with Crippen molar-refractivity contribution < 1.29 is 19.8 Å². The third-order valence-electron chi connectivity index (χ3n) is 15.4. The molecule has 0 amide bonds. The maximum atomic E-state index is 12.9. The van der Waals surface area contributed by atoms with E-state index in [0.29, 0.717) is 47.0 Å². The number of aliphatic carboxylic acids is 1. The van der Waals surface area contributed by atoms with Crippen molar-refractivity contribution in [3.05, 3.63) is 35.4 Å². The van der Waals surface area contributed by atoms with Crippen molar-refractivity contribution in [1.29, 1.82) is 0 Å². The Balaban J connectivity index is 1.33. The second-order valence-corrected chi connectivity index (χ2v) is 16.9. The molecule has 3 unspecified atom stereocenters. The van der Waals surface area contributed by atoms with Crippen molar-refractivity contribution in [3.63, 3.8) is 0 Å². The van der Waals surface area contributed by atoms with Crippen LogP contribution in [0.4, 0.5) is 0 Å². The Bertz CT molecular complexity index is 1220. The van der Waals surface area contributed by atoms with Crippen molar-refractivity contribution >= 4 is 11.9 Å². The van der Waals surface area contributed by atoms with Gasteiger partial charge in [0, 0.05) is 0 Å². The molecule has 1 aromatic carbocycles. The molecule has 10 atom stereocenters. The highest BCUT2D eigenvalue weighted by Gasteiger charge is 2.72. The molecule has 0 spiro atoms. The Labute approximate surface area is 248 Å². The molecule has 1 aromatic rings. The van der Waals surface area contributed by atoms with Crippen LogP contribution in [0.1, 0.15) is 135 Å². The zero-order chi connectivity index (χ0) is 29.8. The minimum atomic E-state index is -0.858. The summed E-state index contributed by atoms with van der Waals surface area (Å²) in [6.07, 6.45) is 11.2. The molecule has 226 valence electrons. The molecule has 0 heterocycles. The third kappa shape index (κ3) is 3.76. The summed E-state index contributed by atoms with van der Waals surface area (Å²) in [7, 11) is 0. The van der Waals surface area contributed by atoms with Crippen LogP contribution in [0.2, 0.25) is 0 Å². The smallest absolute Gasteiger partial charge is 0.335 e. The van der Waals surface area contributed by atoms with E-state index in [1.807, 2.05) is 0 Å². The van der Waals surface area contributed by atoms with Gasteiger partial charge >= 0.3 is 11.9 Å². The molecule has 5 aliphatic carbocycles. The van der Waals surface area contributed by atoms with Gasteiger partial charge in [-0.2, -0.15) is 0 Å². The molecule has 0 radical (unpaired) electrons. The number of carbonyl (C=O) groups is 2. The highest BCUT2D eigenvalue weighted by molar-refractivity contribution is 5.87. The number of hydrogen-bond acceptors (Lipinski definition) is 2. The lowest BCUT2D eigenvalue weighted by Gasteiger charge is -2.73. The fourth-order valence-electron chi connectivity index (χ4n) is 13.2. The number of hydrogen-bond donors (Lipinski definition) is 2. The highest BCUT2D eigenvalue weighted by Crippen LogP contribution is 2.78. The van der Waals surface area contributed by atoms with Gasteiger partial charge in [-0.15, -0.1) is 0 Å². The minimum Gasteiger partial charge on any atom is -0.481 e. The van der Waals surface area contributed by atoms with Gasteiger partial charge in [0.1, 0.15) is 0 Å². The normalized spacial score (nSPS) is 46.6. The van der Waals surface area contributed by atoms with Gasteiger partial charge in [0.05, 0.1) is 11.0 Å². The molecule has 0 bridgehead atoms. The molecule has 4 heteroatoms. The first-order chi connectivity index (χ1) is 19.1. The number of aromatic carboxylic acids is 1. The van der Waals surface area contributed by atoms with Gasteiger partial charge in [-0.25, -0.2) is 4.79 Å². The standard InChI is InChI=1S/C37H54O4/c1-22(2)25-14-19-37(32(40)41)21-20-35(6)27(30(25)37)12-13-29-34(5)17-15-26(23-8-10-24(11-9-23)31(38)39)33(3,4)28(34)16-18-36(29,35)7/h8-11,22,25-30H,12-21H2,1-7H3,(H,38,39)(H,40,41)/t25-,26+,27+,28?,29?,30?,34-,35+,36+,37-/m0/s1. The van der Waals surface area contributed by atoms with E-state index in [0.717, 1.165) is 32.1 Å². The molecule has 5 saturated carbocycles. The van der Waals surface area contributed by atoms with E-state index >= 15 is 0 Å². The molecule has 2 N–H and O–H groups in total. The fourth-order valence-corrected chi connectivity index (χ4v) is 13.2. The van der Waals surface area contributed by atoms with Gasteiger partial charge in [-0.1, -0.05) is 60.6 Å². The average Bonchev–Trinajstić information content (AvgIpc) is 3.30. The molecule has 5 aliphatic rings. The van der Waals surface area contributed by atoms with Crippen molar-refractivity contribution in [3.8, 4) is 0 Å². The molecule has 0 aliphatic heterocycles. The summed E-state index contributed by atoms with van der Waals surface area (Å²) >= 11 is 0. The molecule has 5 fully saturated rings. The Kier molecular flexibility index (Phi) is 6.65. The van der Waals surface area contributed by atoms with Gasteiger partial charge in [0.2, 0.25) is 0 Å². The molecule has 0 saturated heterocycles. The van der Waals surface area contributed by atoms with E-state index in [1.165, 1.54) is 37.7 Å². The van der Waals surface area contributed by atoms with Crippen LogP contribution in [0.3, 0.4) is 0 Å². The zero-order valence-electron chi connectivity index (χ0n) is 26.6. The predicted octanol–water partition coefficient (Wildman–Crippen LogP) is 9.29. The number of carboxylic acid groups (broad SMARTS) is 2. The van der Waals surface area contributed by atoms with Crippen molar-refractivity contribution in [2.75, 3.05) is 0 Å². The summed E-state index contributed by atoms with van der Waals surface area (Å²) in [5.41, 5.74) is 2.00. The van der Waals surface area contributed by atoms with Crippen LogP contribution >= 0.6 is 0 Å². The zero-order valence-corrected chi connectivity index (χ0v) is 26.6. The van der Waals surface area contributed by atoms with E-state index in [4.69, 9.17) is 0 Å². The van der Waals surface area contributed by atoms with Crippen molar-refractivity contribution in [2.24, 2.45) is 62.6 Å². The van der Waals surface area contributed by atoms with Crippen LogP contribution in [-0.2, 0) is 4.79 Å². The van der Waals surface area contributed by atoms with Crippen LogP contribution < -0.4 is 0 Å². The van der Waals surface area contributed by atoms with Gasteiger partial charge in [-0.05, 0) is 145 Å². The van der Waals surface area contributed by atoms with Crippen LogP contribution in [0, 0.1) is 62.6 Å². The third-order valence-corrected chi connectivity index (χ3v) is 15.4. The van der Waals surface area contributed by atoms with Crippen LogP contribution in [0.15, 0.2) is 24.3 Å². The molecule has 4 nitrogen and oxygen atoms in total. The minimum absolute atomic E-state index is 0.135. The quantitative estimate of drug-likeness (QED) is 0.383. The Morgan fingerprint density at radius 2 is 1.44 bits per heavy atom. The molecular weight excluding hydrogens is 508 g/mol. The predicted molar refractivity (Wildman–Crippen MR) is 163 cm³/mol. The summed E-state index contributed by atoms with van der Waals surface area (Å²) in [6.45, 7) is 17.5. The van der Waals surface area contributed by atoms with Crippen molar-refractivity contribution in [2.45, 2.75) is 119 Å². The lowest BCUT2D eigenvalue weighted by Crippen LogP contribution is -2.66. The summed E-state index contributed by atoms with van der Waals surface area (Å²) < 4.78 is 0. The first-order valence-corrected chi connectivity index (χ1v) is 16.7. The van der Waals surface area contributed by atoms with Crippen LogP contribution in [0.25, 0.3) is 0 Å². The summed E-state index contributed by atoms with van der Waals surface area (Å²) in [4.78, 5) is 24.4. The topological polar surface area (TPSA) is 74.6 Å². The Hall–Kier alpha value is -1.84. The van der Waals surface area contributed by atoms with Gasteiger partial charge in [0.15, 0.2) is 0 Å². The lowest BCUT2D eigenvalue weighted by molar-refractivity contribution is -0.241. The molecule has 41 heavy (non-hydrogen) atoms. The summed E-state index contributed by atoms with van der Waals surface area (Å²) in [5, 5.41) is 20.1. The van der Waals surface area contributed by atoms with Crippen molar-refractivity contribution in [1.82, 2.24) is 0 Å². The first kappa shape index (κ1) is 29.2. The van der Waals surface area contributed by atoms with E-state index in [1.54, 1.807) is 12.1 Å². The second-order valence-electron chi connectivity index (χ2n) is 16.9. The Morgan fingerprint density at radius 1 is 0.756 bits per heavy atom. The van der Waals surface area contributed by atoms with E-state index in [2.05, 4.69) is 60.6 Å². The highest BCUT2D eigenvalue weighted by atomic mass is 16.4. The SMILES string of the molecule is CC(C)[C@@H]1CC[C@]2(C(=O)O)CC[C@]3(C)[C@H](CCC4[C@@]5(C)CC[C@H](c6ccc(C(=O)O)cc6)C(C)(C)C5CC[C@]43C)C12. The van der Waals surface area contributed by atoms with Gasteiger partial charge in [0.25, 0.3) is 0 Å². The molecule has 6 rings (SSSR count). The number of carboxylic acids is 2. The van der Waals surface area contributed by atoms with Gasteiger partial charge < -0.3 is 10.2 Å². The molecular formula is C37H54O4. The first-order valence-electron chi connectivity index (χ1n) is 16.7. The largest absolute Gasteiger partial charge is 0.481 e. The number of rotatable bonds is 4. The maximum absolute atomic E-state index is 12.9. The van der Waals surface area contributed by atoms with Crippen LogP contribution in [-0.4, -0.2) is 22.2 Å². The second kappa shape index (κ2) is 9.33. The maximum Gasteiger partial charge on any atom is 0.335 e. The number of benzene rings is 1. The summed E-state index contributed by atoms with van der Waals surface area (Å²) in [5.74, 6) is 2.28. The molecule has 0 aromatic heterocycles. The monoisotopic (exact) mass is 562 g/mol. The Morgan fingerprint density at radius 3 is 2.05 bits per heavy atom. The number of fused-ring (bicyclic) bond motifs is 7. The fraction of sp³-hybridized carbons (Fsp3) is 0.784. The van der Waals surface area contributed by atoms with Gasteiger partial charge in [-0.3, -0.25) is 4.79 Å². The van der Waals surface area contributed by atoms with E-state index in [9.17, 15) is 19.8 Å². The summed E-state index contributed by atoms with van der Waals surface area (Å²) in [6, 6.07) is 7.72.